The highest BCUT2D eigenvalue weighted by Gasteiger charge is 2.23. The van der Waals surface area contributed by atoms with Crippen molar-refractivity contribution in [3.05, 3.63) is 53.7 Å². The van der Waals surface area contributed by atoms with Crippen molar-refractivity contribution in [1.29, 1.82) is 0 Å². The van der Waals surface area contributed by atoms with E-state index in [2.05, 4.69) is 10.3 Å². The fourth-order valence-corrected chi connectivity index (χ4v) is 2.74. The van der Waals surface area contributed by atoms with Crippen LogP contribution in [-0.4, -0.2) is 34.4 Å². The molecule has 25 heavy (non-hydrogen) atoms. The largest absolute Gasteiger partial charge is 0.438 e. The predicted octanol–water partition coefficient (Wildman–Crippen LogP) is 3.50. The summed E-state index contributed by atoms with van der Waals surface area (Å²) >= 11 is 5.90. The first-order valence-corrected chi connectivity index (χ1v) is 8.15. The lowest BCUT2D eigenvalue weighted by atomic mass is 10.1. The summed E-state index contributed by atoms with van der Waals surface area (Å²) in [6, 6.07) is 6.26. The second kappa shape index (κ2) is 7.76. The van der Waals surface area contributed by atoms with Crippen molar-refractivity contribution in [3.63, 3.8) is 0 Å². The first-order valence-electron chi connectivity index (χ1n) is 7.82. The molecule has 132 valence electrons. The number of ether oxygens (including phenoxy) is 1. The Hall–Kier alpha value is -2.25. The number of amides is 1. The molecular weight excluding hydrogens is 352 g/mol. The highest BCUT2D eigenvalue weighted by molar-refractivity contribution is 6.13. The summed E-state index contributed by atoms with van der Waals surface area (Å²) in [5, 5.41) is 2.85. The summed E-state index contributed by atoms with van der Waals surface area (Å²) in [5.41, 5.74) is -0.0161. The van der Waals surface area contributed by atoms with E-state index in [9.17, 15) is 13.6 Å². The zero-order valence-electron chi connectivity index (χ0n) is 13.2. The Bertz CT molecular complexity index is 750. The van der Waals surface area contributed by atoms with E-state index in [0.29, 0.717) is 31.7 Å². The third-order valence-electron chi connectivity index (χ3n) is 3.87. The quantitative estimate of drug-likeness (QED) is 0.840. The molecule has 0 atom stereocenters. The molecular formula is C17H16ClF2N3O2. The van der Waals surface area contributed by atoms with E-state index in [1.54, 1.807) is 4.42 Å². The minimum Gasteiger partial charge on any atom is -0.438 e. The molecule has 1 aliphatic heterocycles. The Morgan fingerprint density at radius 2 is 1.88 bits per heavy atom. The maximum atomic E-state index is 13.6. The zero-order valence-corrected chi connectivity index (χ0v) is 14.0. The lowest BCUT2D eigenvalue weighted by Crippen LogP contribution is -2.42. The molecule has 5 nitrogen and oxygen atoms in total. The second-order valence-corrected chi connectivity index (χ2v) is 6.20. The number of carbonyl (C=O) groups excluding carboxylic acids is 1. The molecule has 1 N–H and O–H groups in total. The van der Waals surface area contributed by atoms with Gasteiger partial charge in [-0.3, -0.25) is 4.79 Å². The number of benzene rings is 1. The number of nitrogens with one attached hydrogen (secondary N) is 1. The van der Waals surface area contributed by atoms with Crippen molar-refractivity contribution in [1.82, 2.24) is 14.7 Å². The van der Waals surface area contributed by atoms with E-state index in [0.717, 1.165) is 12.3 Å². The molecule has 3 rings (SSSR count). The molecule has 1 aromatic carbocycles. The highest BCUT2D eigenvalue weighted by atomic mass is 35.5. The Balaban J connectivity index is 1.76. The molecule has 1 aromatic heterocycles. The summed E-state index contributed by atoms with van der Waals surface area (Å²) in [6.07, 6.45) is 2.36. The molecule has 8 heteroatoms. The third-order valence-corrected chi connectivity index (χ3v) is 4.20. The van der Waals surface area contributed by atoms with Gasteiger partial charge >= 0.3 is 0 Å². The van der Waals surface area contributed by atoms with Gasteiger partial charge in [0, 0.05) is 19.1 Å². The fraction of sp³-hybridized carbons (Fsp3) is 0.294. The maximum Gasteiger partial charge on any atom is 0.257 e. The number of piperidine rings is 1. The topological polar surface area (TPSA) is 54.5 Å². The normalized spacial score (nSPS) is 15.8. The molecule has 1 fully saturated rings. The summed E-state index contributed by atoms with van der Waals surface area (Å²) in [5.74, 6) is -1.28. The second-order valence-electron chi connectivity index (χ2n) is 5.72. The minimum absolute atomic E-state index is 0.0161. The van der Waals surface area contributed by atoms with Crippen molar-refractivity contribution in [2.24, 2.45) is 0 Å². The van der Waals surface area contributed by atoms with Crippen LogP contribution in [0.3, 0.4) is 0 Å². The maximum absolute atomic E-state index is 13.6. The smallest absolute Gasteiger partial charge is 0.257 e. The van der Waals surface area contributed by atoms with Crippen molar-refractivity contribution < 1.29 is 18.3 Å². The van der Waals surface area contributed by atoms with E-state index in [4.69, 9.17) is 16.5 Å². The van der Waals surface area contributed by atoms with E-state index >= 15 is 0 Å². The Morgan fingerprint density at radius 1 is 1.20 bits per heavy atom. The van der Waals surface area contributed by atoms with Crippen LogP contribution in [0.25, 0.3) is 0 Å². The van der Waals surface area contributed by atoms with Crippen LogP contribution >= 0.6 is 11.8 Å². The molecule has 0 bridgehead atoms. The van der Waals surface area contributed by atoms with Crippen LogP contribution in [0, 0.1) is 11.6 Å². The van der Waals surface area contributed by atoms with Gasteiger partial charge in [0.25, 0.3) is 5.91 Å². The molecule has 2 aromatic rings. The Labute approximate surface area is 148 Å². The van der Waals surface area contributed by atoms with Gasteiger partial charge in [-0.05, 0) is 55.0 Å². The summed E-state index contributed by atoms with van der Waals surface area (Å²) in [4.78, 5) is 16.3. The number of pyridine rings is 1. The monoisotopic (exact) mass is 367 g/mol. The first kappa shape index (κ1) is 17.6. The number of halogens is 3. The molecule has 2 heterocycles. The van der Waals surface area contributed by atoms with Crippen LogP contribution in [0.2, 0.25) is 0 Å². The molecule has 0 aliphatic carbocycles. The molecule has 0 spiro atoms. The van der Waals surface area contributed by atoms with Crippen molar-refractivity contribution in [3.8, 4) is 11.6 Å². The fourth-order valence-electron chi connectivity index (χ4n) is 2.54. The van der Waals surface area contributed by atoms with Gasteiger partial charge in [0.2, 0.25) is 5.88 Å². The van der Waals surface area contributed by atoms with Crippen LogP contribution in [0.5, 0.6) is 11.6 Å². The van der Waals surface area contributed by atoms with Gasteiger partial charge in [0.1, 0.15) is 22.9 Å². The molecule has 1 aliphatic rings. The number of nitrogens with zero attached hydrogens (tertiary/aromatic N) is 2. The first-order chi connectivity index (χ1) is 12.0. The van der Waals surface area contributed by atoms with Gasteiger partial charge in [-0.1, -0.05) is 0 Å². The van der Waals surface area contributed by atoms with Gasteiger partial charge in [-0.2, -0.15) is 0 Å². The molecule has 0 radical (unpaired) electrons. The molecule has 1 saturated heterocycles. The van der Waals surface area contributed by atoms with Gasteiger partial charge in [-0.15, -0.1) is 0 Å². The number of hydrogen-bond acceptors (Lipinski definition) is 4. The highest BCUT2D eigenvalue weighted by Crippen LogP contribution is 2.24. The average Bonchev–Trinajstić information content (AvgIpc) is 2.60. The lowest BCUT2D eigenvalue weighted by molar-refractivity contribution is 0.0920. The van der Waals surface area contributed by atoms with E-state index in [-0.39, 0.29) is 17.5 Å². The Kier molecular flexibility index (Phi) is 5.45. The van der Waals surface area contributed by atoms with E-state index in [1.165, 1.54) is 24.3 Å². The number of hydrogen-bond donors (Lipinski definition) is 1. The number of aromatic nitrogens is 1. The van der Waals surface area contributed by atoms with Crippen molar-refractivity contribution in [2.45, 2.75) is 18.9 Å². The lowest BCUT2D eigenvalue weighted by Gasteiger charge is -2.27. The Morgan fingerprint density at radius 3 is 2.56 bits per heavy atom. The number of rotatable bonds is 4. The standard InChI is InChI=1S/C17H16ClF2N3O2/c18-23-7-5-13(6-8-23)22-16(24)15-9-12(20)10-21-17(15)25-14-3-1-11(19)2-4-14/h1-4,9-10,13H,5-8H2,(H,22,24). The summed E-state index contributed by atoms with van der Waals surface area (Å²) in [6.45, 7) is 1.32. The third kappa shape index (κ3) is 4.64. The van der Waals surface area contributed by atoms with E-state index in [1.807, 2.05) is 0 Å². The van der Waals surface area contributed by atoms with E-state index < -0.39 is 17.5 Å². The minimum atomic E-state index is -0.646. The van der Waals surface area contributed by atoms with Gasteiger partial charge < -0.3 is 10.1 Å². The zero-order chi connectivity index (χ0) is 17.8. The molecule has 0 saturated carbocycles. The van der Waals surface area contributed by atoms with Gasteiger partial charge in [0.15, 0.2) is 0 Å². The predicted molar refractivity (Wildman–Crippen MR) is 88.6 cm³/mol. The summed E-state index contributed by atoms with van der Waals surface area (Å²) < 4.78 is 33.7. The van der Waals surface area contributed by atoms with Gasteiger partial charge in [-0.25, -0.2) is 18.2 Å². The summed E-state index contributed by atoms with van der Waals surface area (Å²) in [7, 11) is 0. The average molecular weight is 368 g/mol. The van der Waals surface area contributed by atoms with Crippen LogP contribution in [0.1, 0.15) is 23.2 Å². The molecule has 0 unspecified atom stereocenters. The molecule has 1 amide bonds. The van der Waals surface area contributed by atoms with Crippen LogP contribution in [0.15, 0.2) is 36.5 Å². The SMILES string of the molecule is O=C(NC1CCN(Cl)CC1)c1cc(F)cnc1Oc1ccc(F)cc1. The number of carbonyl (C=O) groups is 1. The van der Waals surface area contributed by atoms with Crippen LogP contribution in [-0.2, 0) is 0 Å². The van der Waals surface area contributed by atoms with Crippen LogP contribution in [0.4, 0.5) is 8.78 Å². The van der Waals surface area contributed by atoms with Crippen molar-refractivity contribution in [2.75, 3.05) is 13.1 Å². The van der Waals surface area contributed by atoms with Crippen LogP contribution < -0.4 is 10.1 Å². The van der Waals surface area contributed by atoms with Gasteiger partial charge in [0.05, 0.1) is 6.20 Å². The van der Waals surface area contributed by atoms with Crippen molar-refractivity contribution >= 4 is 17.7 Å².